The van der Waals surface area contributed by atoms with Gasteiger partial charge in [-0.3, -0.25) is 9.69 Å². The van der Waals surface area contributed by atoms with Gasteiger partial charge in [-0.15, -0.1) is 0 Å². The summed E-state index contributed by atoms with van der Waals surface area (Å²) in [6.07, 6.45) is 6.83. The molecule has 1 saturated carbocycles. The van der Waals surface area contributed by atoms with Crippen molar-refractivity contribution < 1.29 is 4.79 Å². The van der Waals surface area contributed by atoms with Crippen LogP contribution in [0.1, 0.15) is 55.2 Å². The number of likely N-dealkylation sites (tertiary alicyclic amines) is 1. The van der Waals surface area contributed by atoms with E-state index in [0.29, 0.717) is 6.54 Å². The Hall–Kier alpha value is -2.13. The highest BCUT2D eigenvalue weighted by atomic mass is 16.2. The predicted octanol–water partition coefficient (Wildman–Crippen LogP) is 4.41. The Morgan fingerprint density at radius 1 is 0.852 bits per heavy atom. The lowest BCUT2D eigenvalue weighted by molar-refractivity contribution is -0.126. The molecule has 1 heterocycles. The van der Waals surface area contributed by atoms with Crippen molar-refractivity contribution in [2.24, 2.45) is 0 Å². The van der Waals surface area contributed by atoms with Gasteiger partial charge in [-0.2, -0.15) is 0 Å². The molecular formula is C24H30N2O. The van der Waals surface area contributed by atoms with E-state index in [2.05, 4.69) is 46.6 Å². The first-order valence-electron chi connectivity index (χ1n) is 10.4. The average molecular weight is 363 g/mol. The molecule has 4 rings (SSSR count). The van der Waals surface area contributed by atoms with E-state index in [1.165, 1.54) is 42.6 Å². The molecule has 27 heavy (non-hydrogen) atoms. The lowest BCUT2D eigenvalue weighted by Gasteiger charge is -2.28. The molecule has 1 N–H and O–H groups in total. The summed E-state index contributed by atoms with van der Waals surface area (Å²) in [4.78, 5) is 15.6. The van der Waals surface area contributed by atoms with Gasteiger partial charge in [0.05, 0.1) is 5.41 Å². The van der Waals surface area contributed by atoms with Crippen molar-refractivity contribution in [3.05, 3.63) is 71.3 Å². The Balaban J connectivity index is 1.38. The topological polar surface area (TPSA) is 32.3 Å². The van der Waals surface area contributed by atoms with Gasteiger partial charge >= 0.3 is 0 Å². The van der Waals surface area contributed by atoms with Crippen molar-refractivity contribution in [2.45, 2.75) is 57.0 Å². The number of carbonyl (C=O) groups excluding carboxylic acids is 1. The van der Waals surface area contributed by atoms with Crippen molar-refractivity contribution in [2.75, 3.05) is 13.1 Å². The SMILES string of the molecule is O=C(NCc1ccc(CN2CCCC2)cc1)C1(c2ccccc2)CCCC1. The van der Waals surface area contributed by atoms with Crippen LogP contribution >= 0.6 is 0 Å². The Morgan fingerprint density at radius 2 is 1.48 bits per heavy atom. The Kier molecular flexibility index (Phi) is 5.58. The molecule has 0 atom stereocenters. The fourth-order valence-corrected chi connectivity index (χ4v) is 4.70. The highest BCUT2D eigenvalue weighted by molar-refractivity contribution is 5.88. The molecule has 2 aromatic carbocycles. The molecular weight excluding hydrogens is 332 g/mol. The normalized spacial score (nSPS) is 19.3. The van der Waals surface area contributed by atoms with Crippen molar-refractivity contribution in [3.8, 4) is 0 Å². The van der Waals surface area contributed by atoms with E-state index in [1.54, 1.807) is 0 Å². The van der Waals surface area contributed by atoms with Crippen LogP contribution in [-0.4, -0.2) is 23.9 Å². The standard InChI is InChI=1S/C24H30N2O/c27-23(24(14-4-5-15-24)22-8-2-1-3-9-22)25-18-20-10-12-21(13-11-20)19-26-16-6-7-17-26/h1-3,8-13H,4-7,14-19H2,(H,25,27). The van der Waals surface area contributed by atoms with Crippen molar-refractivity contribution in [1.29, 1.82) is 0 Å². The molecule has 2 aliphatic rings. The van der Waals surface area contributed by atoms with Gasteiger partial charge in [0.15, 0.2) is 0 Å². The number of nitrogens with one attached hydrogen (secondary N) is 1. The molecule has 3 nitrogen and oxygen atoms in total. The maximum absolute atomic E-state index is 13.1. The molecule has 0 radical (unpaired) electrons. The molecule has 0 aromatic heterocycles. The van der Waals surface area contributed by atoms with Crippen LogP contribution in [0, 0.1) is 0 Å². The van der Waals surface area contributed by atoms with Crippen LogP contribution in [0.3, 0.4) is 0 Å². The zero-order valence-electron chi connectivity index (χ0n) is 16.1. The molecule has 1 aliphatic carbocycles. The second kappa shape index (κ2) is 8.26. The minimum absolute atomic E-state index is 0.187. The van der Waals surface area contributed by atoms with E-state index < -0.39 is 0 Å². The summed E-state index contributed by atoms with van der Waals surface area (Å²) < 4.78 is 0. The van der Waals surface area contributed by atoms with Crippen molar-refractivity contribution in [3.63, 3.8) is 0 Å². The maximum Gasteiger partial charge on any atom is 0.230 e. The van der Waals surface area contributed by atoms with E-state index in [4.69, 9.17) is 0 Å². The van der Waals surface area contributed by atoms with Crippen LogP contribution < -0.4 is 5.32 Å². The van der Waals surface area contributed by atoms with Crippen LogP contribution in [0.5, 0.6) is 0 Å². The molecule has 0 spiro atoms. The molecule has 0 unspecified atom stereocenters. The Morgan fingerprint density at radius 3 is 2.15 bits per heavy atom. The third kappa shape index (κ3) is 4.08. The molecule has 0 bridgehead atoms. The molecule has 2 aromatic rings. The number of hydrogen-bond donors (Lipinski definition) is 1. The van der Waals surface area contributed by atoms with E-state index in [1.807, 2.05) is 18.2 Å². The lowest BCUT2D eigenvalue weighted by atomic mass is 9.78. The summed E-state index contributed by atoms with van der Waals surface area (Å²) >= 11 is 0. The minimum Gasteiger partial charge on any atom is -0.351 e. The minimum atomic E-state index is -0.336. The summed E-state index contributed by atoms with van der Waals surface area (Å²) in [7, 11) is 0. The van der Waals surface area contributed by atoms with Crippen LogP contribution in [0.25, 0.3) is 0 Å². The fraction of sp³-hybridized carbons (Fsp3) is 0.458. The highest BCUT2D eigenvalue weighted by Gasteiger charge is 2.42. The van der Waals surface area contributed by atoms with Crippen LogP contribution in [-0.2, 0) is 23.3 Å². The first-order valence-corrected chi connectivity index (χ1v) is 10.4. The smallest absolute Gasteiger partial charge is 0.230 e. The van der Waals surface area contributed by atoms with Gasteiger partial charge in [0.25, 0.3) is 0 Å². The van der Waals surface area contributed by atoms with Crippen molar-refractivity contribution in [1.82, 2.24) is 10.2 Å². The maximum atomic E-state index is 13.1. The Labute approximate surface area is 162 Å². The number of amides is 1. The number of rotatable bonds is 6. The predicted molar refractivity (Wildman–Crippen MR) is 109 cm³/mol. The monoisotopic (exact) mass is 362 g/mol. The van der Waals surface area contributed by atoms with E-state index >= 15 is 0 Å². The molecule has 2 fully saturated rings. The number of hydrogen-bond acceptors (Lipinski definition) is 2. The van der Waals surface area contributed by atoms with E-state index in [0.717, 1.165) is 32.2 Å². The van der Waals surface area contributed by atoms with Gasteiger partial charge < -0.3 is 5.32 Å². The number of carbonyl (C=O) groups is 1. The van der Waals surface area contributed by atoms with E-state index in [9.17, 15) is 4.79 Å². The van der Waals surface area contributed by atoms with Gasteiger partial charge in [0.2, 0.25) is 5.91 Å². The average Bonchev–Trinajstić information content (AvgIpc) is 3.41. The van der Waals surface area contributed by atoms with Crippen LogP contribution in [0.4, 0.5) is 0 Å². The summed E-state index contributed by atoms with van der Waals surface area (Å²) in [5.41, 5.74) is 3.37. The number of benzene rings is 2. The van der Waals surface area contributed by atoms with Gasteiger partial charge in [-0.1, -0.05) is 67.4 Å². The zero-order chi connectivity index (χ0) is 18.5. The van der Waals surface area contributed by atoms with Gasteiger partial charge in [-0.25, -0.2) is 0 Å². The number of nitrogens with zero attached hydrogens (tertiary/aromatic N) is 1. The summed E-state index contributed by atoms with van der Waals surface area (Å²) in [6, 6.07) is 19.1. The van der Waals surface area contributed by atoms with Crippen molar-refractivity contribution >= 4 is 5.91 Å². The molecule has 1 amide bonds. The second-order valence-corrected chi connectivity index (χ2v) is 8.14. The Bertz CT molecular complexity index is 742. The van der Waals surface area contributed by atoms with Gasteiger partial charge in [0.1, 0.15) is 0 Å². The van der Waals surface area contributed by atoms with Gasteiger partial charge in [-0.05, 0) is 55.5 Å². The largest absolute Gasteiger partial charge is 0.351 e. The molecule has 1 saturated heterocycles. The first kappa shape index (κ1) is 18.2. The zero-order valence-corrected chi connectivity index (χ0v) is 16.1. The highest BCUT2D eigenvalue weighted by Crippen LogP contribution is 2.41. The molecule has 1 aliphatic heterocycles. The molecule has 142 valence electrons. The second-order valence-electron chi connectivity index (χ2n) is 8.14. The third-order valence-electron chi connectivity index (χ3n) is 6.30. The van der Waals surface area contributed by atoms with E-state index in [-0.39, 0.29) is 11.3 Å². The summed E-state index contributed by atoms with van der Waals surface area (Å²) in [5, 5.41) is 3.22. The van der Waals surface area contributed by atoms with Gasteiger partial charge in [0, 0.05) is 13.1 Å². The fourth-order valence-electron chi connectivity index (χ4n) is 4.70. The molecule has 3 heteroatoms. The van der Waals surface area contributed by atoms with Crippen LogP contribution in [0.2, 0.25) is 0 Å². The first-order chi connectivity index (χ1) is 13.3. The quantitative estimate of drug-likeness (QED) is 0.825. The summed E-state index contributed by atoms with van der Waals surface area (Å²) in [6.45, 7) is 4.10. The lowest BCUT2D eigenvalue weighted by Crippen LogP contribution is -2.42. The van der Waals surface area contributed by atoms with Crippen LogP contribution in [0.15, 0.2) is 54.6 Å². The third-order valence-corrected chi connectivity index (χ3v) is 6.30. The summed E-state index contributed by atoms with van der Waals surface area (Å²) in [5.74, 6) is 0.187.